The fourth-order valence-corrected chi connectivity index (χ4v) is 2.38. The summed E-state index contributed by atoms with van der Waals surface area (Å²) in [6.45, 7) is 3.17. The molecule has 2 rings (SSSR count). The first-order chi connectivity index (χ1) is 6.29. The van der Waals surface area contributed by atoms with Crippen LogP contribution in [0.3, 0.4) is 0 Å². The third-order valence-corrected chi connectivity index (χ3v) is 2.98. The topological polar surface area (TPSA) is 56.1 Å². The summed E-state index contributed by atoms with van der Waals surface area (Å²) in [6, 6.07) is 1.82. The molecular weight excluding hydrogens is 166 g/mol. The molecule has 4 heteroatoms. The summed E-state index contributed by atoms with van der Waals surface area (Å²) in [5, 5.41) is 11.1. The highest BCUT2D eigenvalue weighted by molar-refractivity contribution is 5.91. The van der Waals surface area contributed by atoms with Crippen molar-refractivity contribution in [1.82, 2.24) is 10.2 Å². The summed E-state index contributed by atoms with van der Waals surface area (Å²) < 4.78 is 0. The molecule has 0 aromatic heterocycles. The van der Waals surface area contributed by atoms with E-state index in [-0.39, 0.29) is 6.04 Å². The lowest BCUT2D eigenvalue weighted by Gasteiger charge is -2.21. The van der Waals surface area contributed by atoms with Crippen LogP contribution in [0, 0.1) is 17.2 Å². The van der Waals surface area contributed by atoms with E-state index in [0.717, 1.165) is 19.6 Å². The van der Waals surface area contributed by atoms with E-state index in [4.69, 9.17) is 5.26 Å². The molecule has 0 aliphatic carbocycles. The number of nitrogens with one attached hydrogen (secondary N) is 1. The van der Waals surface area contributed by atoms with Gasteiger partial charge in [-0.15, -0.1) is 0 Å². The molecule has 2 bridgehead atoms. The lowest BCUT2D eigenvalue weighted by molar-refractivity contribution is -0.116. The van der Waals surface area contributed by atoms with Crippen LogP contribution in [0.1, 0.15) is 12.8 Å². The van der Waals surface area contributed by atoms with Gasteiger partial charge in [-0.1, -0.05) is 0 Å². The fraction of sp³-hybridized carbons (Fsp3) is 0.778. The number of carbonyl (C=O) groups is 1. The van der Waals surface area contributed by atoms with E-state index in [2.05, 4.69) is 10.2 Å². The highest BCUT2D eigenvalue weighted by atomic mass is 16.1. The Morgan fingerprint density at radius 2 is 2.38 bits per heavy atom. The summed E-state index contributed by atoms with van der Waals surface area (Å²) in [6.07, 6.45) is 2.41. The zero-order chi connectivity index (χ0) is 9.26. The smallest absolute Gasteiger partial charge is 0.322 e. The van der Waals surface area contributed by atoms with Crippen molar-refractivity contribution in [3.05, 3.63) is 0 Å². The molecule has 2 aliphatic rings. The molecule has 0 aromatic rings. The van der Waals surface area contributed by atoms with Gasteiger partial charge >= 0.3 is 5.91 Å². The fourth-order valence-electron chi connectivity index (χ4n) is 2.38. The monoisotopic (exact) mass is 179 g/mol. The van der Waals surface area contributed by atoms with E-state index >= 15 is 0 Å². The van der Waals surface area contributed by atoms with Gasteiger partial charge < -0.3 is 10.2 Å². The highest BCUT2D eigenvalue weighted by Gasteiger charge is 2.35. The molecule has 0 saturated carbocycles. The Morgan fingerprint density at radius 3 is 3.08 bits per heavy atom. The van der Waals surface area contributed by atoms with Crippen LogP contribution in [0.2, 0.25) is 0 Å². The predicted molar refractivity (Wildman–Crippen MR) is 46.7 cm³/mol. The second kappa shape index (κ2) is 3.35. The number of carbonyl (C=O) groups excluding carboxylic acids is 1. The minimum Gasteiger partial charge on any atom is -0.339 e. The minimum absolute atomic E-state index is 0.217. The first kappa shape index (κ1) is 8.52. The third-order valence-electron chi connectivity index (χ3n) is 2.98. The summed E-state index contributed by atoms with van der Waals surface area (Å²) in [5.74, 6) is 0.0878. The molecule has 0 aromatic carbocycles. The summed E-state index contributed by atoms with van der Waals surface area (Å²) in [5.41, 5.74) is 0. The van der Waals surface area contributed by atoms with Gasteiger partial charge in [-0.2, -0.15) is 5.26 Å². The molecule has 2 aliphatic heterocycles. The molecule has 4 nitrogen and oxygen atoms in total. The van der Waals surface area contributed by atoms with Crippen molar-refractivity contribution in [2.45, 2.75) is 18.9 Å². The summed E-state index contributed by atoms with van der Waals surface area (Å²) in [7, 11) is 0. The summed E-state index contributed by atoms with van der Waals surface area (Å²) in [4.78, 5) is 13.2. The van der Waals surface area contributed by atoms with E-state index in [9.17, 15) is 4.79 Å². The van der Waals surface area contributed by atoms with Crippen LogP contribution in [0.5, 0.6) is 0 Å². The van der Waals surface area contributed by atoms with Crippen LogP contribution in [-0.2, 0) is 4.79 Å². The van der Waals surface area contributed by atoms with Crippen molar-refractivity contribution >= 4 is 5.91 Å². The van der Waals surface area contributed by atoms with Crippen molar-refractivity contribution in [2.75, 3.05) is 19.6 Å². The second-order valence-corrected chi connectivity index (χ2v) is 3.85. The summed E-state index contributed by atoms with van der Waals surface area (Å²) >= 11 is 0. The molecule has 3 unspecified atom stereocenters. The van der Waals surface area contributed by atoms with Crippen LogP contribution in [-0.4, -0.2) is 36.5 Å². The van der Waals surface area contributed by atoms with Gasteiger partial charge in [0.2, 0.25) is 0 Å². The van der Waals surface area contributed by atoms with Crippen LogP contribution >= 0.6 is 0 Å². The largest absolute Gasteiger partial charge is 0.339 e. The maximum absolute atomic E-state index is 10.9. The van der Waals surface area contributed by atoms with Gasteiger partial charge in [0.25, 0.3) is 0 Å². The van der Waals surface area contributed by atoms with Crippen molar-refractivity contribution < 1.29 is 4.79 Å². The molecule has 0 spiro atoms. The van der Waals surface area contributed by atoms with Crippen LogP contribution in [0.15, 0.2) is 0 Å². The Hall–Kier alpha value is -1.08. The van der Waals surface area contributed by atoms with Gasteiger partial charge in [0.05, 0.1) is 0 Å². The third kappa shape index (κ3) is 1.65. The number of nitriles is 1. The van der Waals surface area contributed by atoms with Crippen LogP contribution in [0.4, 0.5) is 0 Å². The van der Waals surface area contributed by atoms with Gasteiger partial charge in [0.1, 0.15) is 0 Å². The van der Waals surface area contributed by atoms with Crippen LogP contribution < -0.4 is 5.32 Å². The zero-order valence-corrected chi connectivity index (χ0v) is 7.49. The lowest BCUT2D eigenvalue weighted by Crippen LogP contribution is -2.39. The molecule has 2 saturated heterocycles. The maximum atomic E-state index is 10.9. The molecule has 3 atom stereocenters. The predicted octanol–water partition coefficient (Wildman–Crippen LogP) is -0.280. The first-order valence-corrected chi connectivity index (χ1v) is 4.72. The Labute approximate surface area is 77.5 Å². The van der Waals surface area contributed by atoms with Gasteiger partial charge in [0.15, 0.2) is 6.07 Å². The molecule has 0 radical (unpaired) electrons. The highest BCUT2D eigenvalue weighted by Crippen LogP contribution is 2.26. The number of hydrogen-bond acceptors (Lipinski definition) is 3. The van der Waals surface area contributed by atoms with Crippen molar-refractivity contribution in [2.24, 2.45) is 5.92 Å². The van der Waals surface area contributed by atoms with Crippen molar-refractivity contribution in [1.29, 1.82) is 5.26 Å². The van der Waals surface area contributed by atoms with E-state index in [0.29, 0.717) is 5.92 Å². The Morgan fingerprint density at radius 1 is 1.54 bits per heavy atom. The van der Waals surface area contributed by atoms with E-state index in [1.165, 1.54) is 12.8 Å². The number of amides is 1. The molecule has 1 amide bonds. The maximum Gasteiger partial charge on any atom is 0.322 e. The molecule has 13 heavy (non-hydrogen) atoms. The molecular formula is C9H13N3O. The first-order valence-electron chi connectivity index (χ1n) is 4.72. The number of rotatable bonds is 1. The quantitative estimate of drug-likeness (QED) is 0.563. The van der Waals surface area contributed by atoms with Gasteiger partial charge in [0, 0.05) is 19.1 Å². The Bertz CT molecular complexity index is 258. The standard InChI is InChI=1S/C9H13N3O/c10-4-9(13)11-8-6-12-3-1-2-7(8)5-12/h7-8H,1-3,5-6H2,(H,11,13). The van der Waals surface area contributed by atoms with E-state index in [1.807, 2.05) is 0 Å². The average molecular weight is 179 g/mol. The lowest BCUT2D eigenvalue weighted by atomic mass is 9.97. The molecule has 1 N–H and O–H groups in total. The van der Waals surface area contributed by atoms with Crippen LogP contribution in [0.25, 0.3) is 0 Å². The van der Waals surface area contributed by atoms with Gasteiger partial charge in [-0.3, -0.25) is 4.79 Å². The molecule has 70 valence electrons. The minimum atomic E-state index is -0.487. The van der Waals surface area contributed by atoms with E-state index < -0.39 is 5.91 Å². The number of nitrogens with zero attached hydrogens (tertiary/aromatic N) is 2. The zero-order valence-electron chi connectivity index (χ0n) is 7.49. The Balaban J connectivity index is 1.94. The van der Waals surface area contributed by atoms with Crippen molar-refractivity contribution in [3.63, 3.8) is 0 Å². The van der Waals surface area contributed by atoms with Gasteiger partial charge in [-0.25, -0.2) is 0 Å². The normalized spacial score (nSPS) is 36.7. The average Bonchev–Trinajstić information content (AvgIpc) is 2.42. The second-order valence-electron chi connectivity index (χ2n) is 3.85. The number of fused-ring (bicyclic) bond motifs is 2. The molecule has 2 heterocycles. The Kier molecular flexibility index (Phi) is 2.19. The van der Waals surface area contributed by atoms with E-state index in [1.54, 1.807) is 6.07 Å². The number of hydrogen-bond donors (Lipinski definition) is 1. The molecule has 2 fully saturated rings. The van der Waals surface area contributed by atoms with Crippen molar-refractivity contribution in [3.8, 4) is 6.07 Å². The van der Waals surface area contributed by atoms with Gasteiger partial charge in [-0.05, 0) is 25.3 Å². The number of piperidine rings is 1. The SMILES string of the molecule is N#CC(=O)NC1CN2CCCC1C2.